The maximum absolute atomic E-state index is 13.7. The van der Waals surface area contributed by atoms with Gasteiger partial charge in [0.25, 0.3) is 0 Å². The summed E-state index contributed by atoms with van der Waals surface area (Å²) in [6.07, 6.45) is 0.155. The minimum atomic E-state index is -0.231. The third kappa shape index (κ3) is 1.62. The van der Waals surface area contributed by atoms with E-state index in [2.05, 4.69) is 22.6 Å². The zero-order valence-corrected chi connectivity index (χ0v) is 10.0. The lowest BCUT2D eigenvalue weighted by atomic mass is 10.2. The smallest absolute Gasteiger partial charge is 0.146 e. The van der Waals surface area contributed by atoms with E-state index in [0.29, 0.717) is 10.3 Å². The molecule has 0 unspecified atom stereocenters. The lowest BCUT2D eigenvalue weighted by Crippen LogP contribution is -1.79. The van der Waals surface area contributed by atoms with Crippen LogP contribution in [-0.2, 0) is 6.42 Å². The van der Waals surface area contributed by atoms with E-state index >= 15 is 0 Å². The number of nitriles is 1. The first-order valence-electron chi connectivity index (χ1n) is 3.95. The molecule has 0 N–H and O–H groups in total. The van der Waals surface area contributed by atoms with E-state index < -0.39 is 0 Å². The molecule has 1 nitrogen and oxygen atoms in total. The fourth-order valence-corrected chi connectivity index (χ4v) is 2.76. The topological polar surface area (TPSA) is 23.8 Å². The molecule has 0 fully saturated rings. The van der Waals surface area contributed by atoms with Gasteiger partial charge in [-0.25, -0.2) is 4.39 Å². The van der Waals surface area contributed by atoms with Gasteiger partial charge in [-0.2, -0.15) is 5.26 Å². The standard InChI is InChI=1S/C10H5FINS/c11-10-7-5-6(12)1-2-8(7)14-9(10)3-4-13/h1-2,5H,3H2. The SMILES string of the molecule is N#CCc1sc2ccc(I)cc2c1F. The van der Waals surface area contributed by atoms with Gasteiger partial charge in [-0.1, -0.05) is 0 Å². The normalized spacial score (nSPS) is 10.4. The number of hydrogen-bond acceptors (Lipinski definition) is 2. The first kappa shape index (κ1) is 9.87. The van der Waals surface area contributed by atoms with Crippen molar-refractivity contribution in [1.29, 1.82) is 5.26 Å². The Balaban J connectivity index is 2.69. The van der Waals surface area contributed by atoms with Gasteiger partial charge in [0, 0.05) is 13.7 Å². The summed E-state index contributed by atoms with van der Waals surface area (Å²) in [4.78, 5) is 0.532. The summed E-state index contributed by atoms with van der Waals surface area (Å²) in [5, 5.41) is 9.14. The van der Waals surface area contributed by atoms with Gasteiger partial charge in [0.2, 0.25) is 0 Å². The summed E-state index contributed by atoms with van der Waals surface area (Å²) in [7, 11) is 0. The molecule has 2 rings (SSSR count). The van der Waals surface area contributed by atoms with Gasteiger partial charge in [0.15, 0.2) is 0 Å². The Morgan fingerprint density at radius 3 is 3.00 bits per heavy atom. The minimum Gasteiger partial charge on any atom is -0.205 e. The molecule has 0 saturated heterocycles. The Kier molecular flexibility index (Phi) is 2.70. The molecule has 0 spiro atoms. The van der Waals surface area contributed by atoms with Crippen molar-refractivity contribution in [2.24, 2.45) is 0 Å². The number of nitrogens with zero attached hydrogens (tertiary/aromatic N) is 1. The molecule has 0 radical (unpaired) electrons. The number of rotatable bonds is 1. The summed E-state index contributed by atoms with van der Waals surface area (Å²) in [6.45, 7) is 0. The summed E-state index contributed by atoms with van der Waals surface area (Å²) in [5.41, 5.74) is 0. The van der Waals surface area contributed by atoms with E-state index in [-0.39, 0.29) is 12.2 Å². The van der Waals surface area contributed by atoms with Crippen molar-refractivity contribution in [2.45, 2.75) is 6.42 Å². The Morgan fingerprint density at radius 1 is 1.50 bits per heavy atom. The summed E-state index contributed by atoms with van der Waals surface area (Å²) >= 11 is 3.50. The van der Waals surface area contributed by atoms with Gasteiger partial charge in [-0.15, -0.1) is 11.3 Å². The summed E-state index contributed by atoms with van der Waals surface area (Å²) in [5.74, 6) is -0.231. The molecule has 0 aliphatic heterocycles. The largest absolute Gasteiger partial charge is 0.205 e. The molecule has 1 aromatic heterocycles. The van der Waals surface area contributed by atoms with Gasteiger partial charge in [0.05, 0.1) is 17.4 Å². The van der Waals surface area contributed by atoms with Crippen molar-refractivity contribution in [3.05, 3.63) is 32.5 Å². The lowest BCUT2D eigenvalue weighted by Gasteiger charge is -1.90. The van der Waals surface area contributed by atoms with Crippen LogP contribution in [0.4, 0.5) is 4.39 Å². The van der Waals surface area contributed by atoms with Crippen LogP contribution in [-0.4, -0.2) is 0 Å². The molecule has 4 heteroatoms. The van der Waals surface area contributed by atoms with Crippen LogP contribution in [0.3, 0.4) is 0 Å². The number of thiophene rings is 1. The van der Waals surface area contributed by atoms with Crippen LogP contribution in [0.1, 0.15) is 4.88 Å². The zero-order chi connectivity index (χ0) is 10.1. The number of halogens is 2. The Hall–Kier alpha value is -0.670. The molecular weight excluding hydrogens is 312 g/mol. The number of benzene rings is 1. The second-order valence-corrected chi connectivity index (χ2v) is 5.20. The van der Waals surface area contributed by atoms with Gasteiger partial charge >= 0.3 is 0 Å². The first-order chi connectivity index (χ1) is 6.72. The van der Waals surface area contributed by atoms with Crippen LogP contribution in [0, 0.1) is 20.7 Å². The van der Waals surface area contributed by atoms with Gasteiger partial charge in [-0.3, -0.25) is 0 Å². The quantitative estimate of drug-likeness (QED) is 0.736. The van der Waals surface area contributed by atoms with Crippen molar-refractivity contribution in [3.8, 4) is 6.07 Å². The summed E-state index contributed by atoms with van der Waals surface area (Å²) in [6, 6.07) is 7.61. The predicted molar refractivity (Wildman–Crippen MR) is 63.8 cm³/mol. The van der Waals surface area contributed by atoms with E-state index in [0.717, 1.165) is 8.27 Å². The van der Waals surface area contributed by atoms with Crippen LogP contribution in [0.15, 0.2) is 18.2 Å². The first-order valence-corrected chi connectivity index (χ1v) is 5.85. The lowest BCUT2D eigenvalue weighted by molar-refractivity contribution is 0.633. The highest BCUT2D eigenvalue weighted by molar-refractivity contribution is 14.1. The minimum absolute atomic E-state index is 0.155. The highest BCUT2D eigenvalue weighted by atomic mass is 127. The average Bonchev–Trinajstić information content (AvgIpc) is 2.46. The maximum Gasteiger partial charge on any atom is 0.146 e. The van der Waals surface area contributed by atoms with E-state index in [1.807, 2.05) is 24.3 Å². The van der Waals surface area contributed by atoms with Crippen LogP contribution in [0.5, 0.6) is 0 Å². The number of fused-ring (bicyclic) bond motifs is 1. The van der Waals surface area contributed by atoms with Crippen molar-refractivity contribution < 1.29 is 4.39 Å². The Bertz CT molecular complexity index is 527. The van der Waals surface area contributed by atoms with Crippen molar-refractivity contribution >= 4 is 44.0 Å². The molecule has 70 valence electrons. The highest BCUT2D eigenvalue weighted by Crippen LogP contribution is 2.31. The van der Waals surface area contributed by atoms with E-state index in [1.54, 1.807) is 0 Å². The molecule has 0 aliphatic carbocycles. The molecule has 0 aliphatic rings. The molecular formula is C10H5FINS. The van der Waals surface area contributed by atoms with Crippen LogP contribution < -0.4 is 0 Å². The molecule has 14 heavy (non-hydrogen) atoms. The molecule has 1 aromatic carbocycles. The molecule has 1 heterocycles. The van der Waals surface area contributed by atoms with E-state index in [4.69, 9.17) is 5.26 Å². The van der Waals surface area contributed by atoms with Crippen LogP contribution in [0.2, 0.25) is 0 Å². The summed E-state index contributed by atoms with van der Waals surface area (Å²) < 4.78 is 15.6. The molecule has 2 aromatic rings. The molecule has 0 bridgehead atoms. The van der Waals surface area contributed by atoms with Gasteiger partial charge in [0.1, 0.15) is 5.82 Å². The zero-order valence-electron chi connectivity index (χ0n) is 7.05. The second-order valence-electron chi connectivity index (χ2n) is 2.81. The fourth-order valence-electron chi connectivity index (χ4n) is 1.28. The third-order valence-electron chi connectivity index (χ3n) is 1.90. The van der Waals surface area contributed by atoms with Crippen molar-refractivity contribution in [2.75, 3.05) is 0 Å². The van der Waals surface area contributed by atoms with Crippen LogP contribution >= 0.6 is 33.9 Å². The molecule has 0 amide bonds. The van der Waals surface area contributed by atoms with Crippen molar-refractivity contribution in [3.63, 3.8) is 0 Å². The number of hydrogen-bond donors (Lipinski definition) is 0. The highest BCUT2D eigenvalue weighted by Gasteiger charge is 2.11. The second kappa shape index (κ2) is 3.83. The predicted octanol–water partition coefficient (Wildman–Crippen LogP) is 3.71. The average molecular weight is 317 g/mol. The Morgan fingerprint density at radius 2 is 2.29 bits per heavy atom. The Labute approximate surface area is 98.3 Å². The van der Waals surface area contributed by atoms with Crippen LogP contribution in [0.25, 0.3) is 10.1 Å². The van der Waals surface area contributed by atoms with E-state index in [1.165, 1.54) is 11.3 Å². The fraction of sp³-hybridized carbons (Fsp3) is 0.100. The third-order valence-corrected chi connectivity index (χ3v) is 3.71. The maximum atomic E-state index is 13.7. The van der Waals surface area contributed by atoms with E-state index in [9.17, 15) is 4.39 Å². The van der Waals surface area contributed by atoms with Gasteiger partial charge < -0.3 is 0 Å². The molecule has 0 saturated carbocycles. The molecule has 0 atom stereocenters. The van der Waals surface area contributed by atoms with Gasteiger partial charge in [-0.05, 0) is 40.8 Å². The van der Waals surface area contributed by atoms with Crippen molar-refractivity contribution in [1.82, 2.24) is 0 Å². The monoisotopic (exact) mass is 317 g/mol.